The van der Waals surface area contributed by atoms with Gasteiger partial charge in [-0.15, -0.1) is 0 Å². The Kier molecular flexibility index (Phi) is 6.31. The Morgan fingerprint density at radius 1 is 1.45 bits per heavy atom. The molecule has 2 rings (SSSR count). The van der Waals surface area contributed by atoms with E-state index in [1.54, 1.807) is 6.92 Å². The van der Waals surface area contributed by atoms with E-state index >= 15 is 0 Å². The molecule has 1 aliphatic heterocycles. The second-order valence-electron chi connectivity index (χ2n) is 5.52. The molecule has 120 valence electrons. The third kappa shape index (κ3) is 5.05. The van der Waals surface area contributed by atoms with E-state index in [1.807, 2.05) is 23.1 Å². The van der Waals surface area contributed by atoms with E-state index in [0.717, 1.165) is 25.2 Å². The van der Waals surface area contributed by atoms with E-state index in [0.29, 0.717) is 19.5 Å². The van der Waals surface area contributed by atoms with Gasteiger partial charge >= 0.3 is 0 Å². The minimum absolute atomic E-state index is 0.0837. The van der Waals surface area contributed by atoms with Gasteiger partial charge in [-0.1, -0.05) is 30.8 Å². The predicted octanol–water partition coefficient (Wildman–Crippen LogP) is 2.90. The van der Waals surface area contributed by atoms with E-state index in [-0.39, 0.29) is 16.3 Å². The number of amides is 1. The Morgan fingerprint density at radius 2 is 2.27 bits per heavy atom. The van der Waals surface area contributed by atoms with Crippen LogP contribution in [0.25, 0.3) is 0 Å². The quantitative estimate of drug-likeness (QED) is 0.775. The standard InChI is InChI=1S/C17H23NO3S/c1-3-9-21-15-6-4-5-14(10-15)7-8-18-12-16(11-17(18)20)22-13(2)19/h4-6,10,16H,3,7-9,11-12H2,1-2H3. The molecule has 22 heavy (non-hydrogen) atoms. The first kappa shape index (κ1) is 16.9. The van der Waals surface area contributed by atoms with Crippen LogP contribution in [0, 0.1) is 0 Å². The number of hydrogen-bond acceptors (Lipinski definition) is 4. The molecule has 4 nitrogen and oxygen atoms in total. The zero-order chi connectivity index (χ0) is 15.9. The molecule has 1 aromatic rings. The lowest BCUT2D eigenvalue weighted by molar-refractivity contribution is -0.127. The number of carbonyl (C=O) groups is 2. The Hall–Kier alpha value is -1.49. The Labute approximate surface area is 136 Å². The van der Waals surface area contributed by atoms with Gasteiger partial charge in [0.25, 0.3) is 0 Å². The zero-order valence-corrected chi connectivity index (χ0v) is 14.0. The van der Waals surface area contributed by atoms with Crippen LogP contribution in [-0.4, -0.2) is 40.9 Å². The molecule has 1 fully saturated rings. The summed E-state index contributed by atoms with van der Waals surface area (Å²) >= 11 is 1.28. The van der Waals surface area contributed by atoms with Gasteiger partial charge in [0, 0.05) is 31.7 Å². The summed E-state index contributed by atoms with van der Waals surface area (Å²) in [7, 11) is 0. The van der Waals surface area contributed by atoms with Crippen molar-refractivity contribution in [3.05, 3.63) is 29.8 Å². The molecule has 0 N–H and O–H groups in total. The fourth-order valence-corrected chi connectivity index (χ4v) is 3.49. The Bertz CT molecular complexity index is 532. The number of carbonyl (C=O) groups excluding carboxylic acids is 2. The normalized spacial score (nSPS) is 17.8. The summed E-state index contributed by atoms with van der Waals surface area (Å²) in [6.07, 6.45) is 2.28. The topological polar surface area (TPSA) is 46.6 Å². The zero-order valence-electron chi connectivity index (χ0n) is 13.2. The van der Waals surface area contributed by atoms with Crippen LogP contribution in [0.2, 0.25) is 0 Å². The smallest absolute Gasteiger partial charge is 0.223 e. The van der Waals surface area contributed by atoms with E-state index in [4.69, 9.17) is 4.74 Å². The molecular weight excluding hydrogens is 298 g/mol. The van der Waals surface area contributed by atoms with E-state index in [1.165, 1.54) is 17.3 Å². The maximum Gasteiger partial charge on any atom is 0.223 e. The average molecular weight is 321 g/mol. The van der Waals surface area contributed by atoms with Crippen molar-refractivity contribution in [2.45, 2.75) is 38.4 Å². The van der Waals surface area contributed by atoms with Crippen LogP contribution in [0.3, 0.4) is 0 Å². The van der Waals surface area contributed by atoms with Gasteiger partial charge in [0.2, 0.25) is 5.91 Å². The second kappa shape index (κ2) is 8.22. The van der Waals surface area contributed by atoms with E-state index in [2.05, 4.69) is 13.0 Å². The molecule has 1 unspecified atom stereocenters. The molecule has 0 spiro atoms. The summed E-state index contributed by atoms with van der Waals surface area (Å²) in [4.78, 5) is 25.0. The third-order valence-electron chi connectivity index (χ3n) is 3.55. The highest BCUT2D eigenvalue weighted by atomic mass is 32.2. The Morgan fingerprint density at radius 3 is 3.00 bits per heavy atom. The van der Waals surface area contributed by atoms with Gasteiger partial charge in [0.05, 0.1) is 6.61 Å². The molecule has 1 aliphatic rings. The van der Waals surface area contributed by atoms with Crippen LogP contribution >= 0.6 is 11.8 Å². The molecule has 1 heterocycles. The number of thioether (sulfide) groups is 1. The average Bonchev–Trinajstić information content (AvgIpc) is 2.82. The van der Waals surface area contributed by atoms with Crippen molar-refractivity contribution in [3.8, 4) is 5.75 Å². The number of hydrogen-bond donors (Lipinski definition) is 0. The van der Waals surface area contributed by atoms with E-state index < -0.39 is 0 Å². The van der Waals surface area contributed by atoms with Crippen molar-refractivity contribution < 1.29 is 14.3 Å². The molecule has 1 aromatic carbocycles. The lowest BCUT2D eigenvalue weighted by Gasteiger charge is -2.16. The van der Waals surface area contributed by atoms with Gasteiger partial charge in [0.1, 0.15) is 5.75 Å². The first-order valence-electron chi connectivity index (χ1n) is 7.75. The van der Waals surface area contributed by atoms with Gasteiger partial charge < -0.3 is 9.64 Å². The van der Waals surface area contributed by atoms with Gasteiger partial charge in [-0.25, -0.2) is 0 Å². The van der Waals surface area contributed by atoms with Gasteiger partial charge in [-0.3, -0.25) is 9.59 Å². The molecule has 0 aliphatic carbocycles. The molecular formula is C17H23NO3S. The van der Waals surface area contributed by atoms with Gasteiger partial charge in [-0.05, 0) is 30.5 Å². The first-order chi connectivity index (χ1) is 10.6. The summed E-state index contributed by atoms with van der Waals surface area (Å²) in [6.45, 7) is 5.73. The lowest BCUT2D eigenvalue weighted by atomic mass is 10.1. The van der Waals surface area contributed by atoms with Gasteiger partial charge in [-0.2, -0.15) is 0 Å². The largest absolute Gasteiger partial charge is 0.494 e. The van der Waals surface area contributed by atoms with Crippen LogP contribution < -0.4 is 4.74 Å². The highest BCUT2D eigenvalue weighted by molar-refractivity contribution is 8.14. The van der Waals surface area contributed by atoms with Crippen molar-refractivity contribution in [1.29, 1.82) is 0 Å². The molecule has 0 aromatic heterocycles. The molecule has 1 saturated heterocycles. The van der Waals surface area contributed by atoms with Crippen LogP contribution in [-0.2, 0) is 16.0 Å². The van der Waals surface area contributed by atoms with Crippen molar-refractivity contribution in [1.82, 2.24) is 4.90 Å². The van der Waals surface area contributed by atoms with Crippen LogP contribution in [0.5, 0.6) is 5.75 Å². The number of benzene rings is 1. The summed E-state index contributed by atoms with van der Waals surface area (Å²) in [6, 6.07) is 8.04. The maximum absolute atomic E-state index is 12.0. The fourth-order valence-electron chi connectivity index (χ4n) is 2.54. The fraction of sp³-hybridized carbons (Fsp3) is 0.529. The highest BCUT2D eigenvalue weighted by Gasteiger charge is 2.30. The van der Waals surface area contributed by atoms with Crippen molar-refractivity contribution in [2.24, 2.45) is 0 Å². The van der Waals surface area contributed by atoms with Crippen molar-refractivity contribution in [2.75, 3.05) is 19.7 Å². The molecule has 5 heteroatoms. The lowest BCUT2D eigenvalue weighted by Crippen LogP contribution is -2.27. The van der Waals surface area contributed by atoms with Crippen LogP contribution in [0.15, 0.2) is 24.3 Å². The predicted molar refractivity (Wildman–Crippen MR) is 89.2 cm³/mol. The number of ether oxygens (including phenoxy) is 1. The van der Waals surface area contributed by atoms with Crippen LogP contribution in [0.1, 0.15) is 32.3 Å². The Balaban J connectivity index is 1.85. The highest BCUT2D eigenvalue weighted by Crippen LogP contribution is 2.24. The van der Waals surface area contributed by atoms with Crippen molar-refractivity contribution >= 4 is 22.8 Å². The second-order valence-corrected chi connectivity index (χ2v) is 7.00. The molecule has 1 amide bonds. The summed E-state index contributed by atoms with van der Waals surface area (Å²) in [5.74, 6) is 1.04. The minimum atomic E-state index is 0.0837. The number of rotatable bonds is 7. The summed E-state index contributed by atoms with van der Waals surface area (Å²) in [5, 5.41) is 0.199. The van der Waals surface area contributed by atoms with Gasteiger partial charge in [0.15, 0.2) is 5.12 Å². The summed E-state index contributed by atoms with van der Waals surface area (Å²) < 4.78 is 5.63. The maximum atomic E-state index is 12.0. The monoisotopic (exact) mass is 321 g/mol. The number of likely N-dealkylation sites (tertiary alicyclic amines) is 1. The third-order valence-corrected chi connectivity index (χ3v) is 4.53. The molecule has 0 saturated carbocycles. The molecule has 0 bridgehead atoms. The first-order valence-corrected chi connectivity index (χ1v) is 8.63. The molecule has 1 atom stereocenters. The van der Waals surface area contributed by atoms with E-state index in [9.17, 15) is 9.59 Å². The SMILES string of the molecule is CCCOc1cccc(CCN2CC(SC(C)=O)CC2=O)c1. The number of nitrogens with zero attached hydrogens (tertiary/aromatic N) is 1. The summed E-state index contributed by atoms with van der Waals surface area (Å²) in [5.41, 5.74) is 1.17. The van der Waals surface area contributed by atoms with Crippen molar-refractivity contribution in [3.63, 3.8) is 0 Å². The molecule has 0 radical (unpaired) electrons. The van der Waals surface area contributed by atoms with Crippen LogP contribution in [0.4, 0.5) is 0 Å². The minimum Gasteiger partial charge on any atom is -0.494 e.